The predicted octanol–water partition coefficient (Wildman–Crippen LogP) is 4.68. The molecule has 0 atom stereocenters. The summed E-state index contributed by atoms with van der Waals surface area (Å²) in [6.45, 7) is 2.21. The van der Waals surface area contributed by atoms with Crippen LogP contribution in [-0.4, -0.2) is 9.97 Å². The molecule has 0 amide bonds. The molecular formula is C15H16N2OS. The van der Waals surface area contributed by atoms with Crippen molar-refractivity contribution in [3.05, 3.63) is 35.3 Å². The Bertz CT molecular complexity index is 638. The smallest absolute Gasteiger partial charge is 0.256 e. The predicted molar refractivity (Wildman–Crippen MR) is 78.3 cm³/mol. The zero-order valence-corrected chi connectivity index (χ0v) is 11.7. The van der Waals surface area contributed by atoms with Gasteiger partial charge in [-0.15, -0.1) is 11.3 Å². The van der Waals surface area contributed by atoms with Crippen LogP contribution in [0.25, 0.3) is 22.0 Å². The fourth-order valence-corrected chi connectivity index (χ4v) is 2.82. The van der Waals surface area contributed by atoms with Crippen molar-refractivity contribution in [1.29, 1.82) is 0 Å². The third-order valence-corrected chi connectivity index (χ3v) is 3.94. The van der Waals surface area contributed by atoms with E-state index in [0.29, 0.717) is 5.89 Å². The van der Waals surface area contributed by atoms with Crippen molar-refractivity contribution >= 4 is 22.4 Å². The first-order valence-corrected chi connectivity index (χ1v) is 7.55. The maximum absolute atomic E-state index is 5.73. The van der Waals surface area contributed by atoms with Crippen LogP contribution in [0.15, 0.2) is 34.1 Å². The number of aryl methyl sites for hydroxylation is 1. The summed E-state index contributed by atoms with van der Waals surface area (Å²) in [5.41, 5.74) is 2.86. The summed E-state index contributed by atoms with van der Waals surface area (Å²) in [7, 11) is 0. The summed E-state index contributed by atoms with van der Waals surface area (Å²) in [6.07, 6.45) is 4.75. The van der Waals surface area contributed by atoms with Crippen LogP contribution in [0.4, 0.5) is 0 Å². The minimum atomic E-state index is 0.632. The largest absolute Gasteiger partial charge is 0.434 e. The highest BCUT2D eigenvalue weighted by Crippen LogP contribution is 2.27. The molecule has 0 bridgehead atoms. The Morgan fingerprint density at radius 3 is 2.89 bits per heavy atom. The van der Waals surface area contributed by atoms with Gasteiger partial charge >= 0.3 is 0 Å². The van der Waals surface area contributed by atoms with Crippen LogP contribution in [0.2, 0.25) is 0 Å². The van der Waals surface area contributed by atoms with Crippen molar-refractivity contribution < 1.29 is 4.42 Å². The number of rotatable bonds is 5. The van der Waals surface area contributed by atoms with Crippen molar-refractivity contribution in [3.8, 4) is 10.9 Å². The third kappa shape index (κ3) is 2.68. The Hall–Kier alpha value is -1.68. The van der Waals surface area contributed by atoms with E-state index in [0.717, 1.165) is 28.2 Å². The van der Waals surface area contributed by atoms with Gasteiger partial charge in [0.1, 0.15) is 5.52 Å². The Morgan fingerprint density at radius 1 is 1.16 bits per heavy atom. The SMILES string of the molecule is CCCCCc1csc(-c2nc3ccccc3o2)n1. The minimum Gasteiger partial charge on any atom is -0.434 e. The van der Waals surface area contributed by atoms with Gasteiger partial charge in [-0.3, -0.25) is 0 Å². The lowest BCUT2D eigenvalue weighted by Crippen LogP contribution is -1.85. The summed E-state index contributed by atoms with van der Waals surface area (Å²) < 4.78 is 5.73. The van der Waals surface area contributed by atoms with Gasteiger partial charge < -0.3 is 4.42 Å². The molecule has 0 aliphatic heterocycles. The average Bonchev–Trinajstić information content (AvgIpc) is 3.04. The summed E-state index contributed by atoms with van der Waals surface area (Å²) in [6, 6.07) is 7.81. The maximum Gasteiger partial charge on any atom is 0.256 e. The molecular weight excluding hydrogens is 256 g/mol. The molecule has 0 saturated heterocycles. The highest BCUT2D eigenvalue weighted by atomic mass is 32.1. The molecule has 0 aliphatic carbocycles. The van der Waals surface area contributed by atoms with Crippen LogP contribution in [0, 0.1) is 0 Å². The second kappa shape index (κ2) is 5.53. The maximum atomic E-state index is 5.73. The van der Waals surface area contributed by atoms with E-state index in [1.807, 2.05) is 24.3 Å². The average molecular weight is 272 g/mol. The van der Waals surface area contributed by atoms with Crippen molar-refractivity contribution in [2.45, 2.75) is 32.6 Å². The van der Waals surface area contributed by atoms with Gasteiger partial charge in [0, 0.05) is 5.38 Å². The first-order valence-electron chi connectivity index (χ1n) is 6.67. The van der Waals surface area contributed by atoms with Gasteiger partial charge in [-0.05, 0) is 25.0 Å². The van der Waals surface area contributed by atoms with Gasteiger partial charge in [0.25, 0.3) is 5.89 Å². The number of para-hydroxylation sites is 2. The lowest BCUT2D eigenvalue weighted by molar-refractivity contribution is 0.618. The first-order chi connectivity index (χ1) is 9.36. The quantitative estimate of drug-likeness (QED) is 0.633. The standard InChI is InChI=1S/C15H16N2OS/c1-2-3-4-7-11-10-19-15(16-11)14-17-12-8-5-6-9-13(12)18-14/h5-6,8-10H,2-4,7H2,1H3. The lowest BCUT2D eigenvalue weighted by atomic mass is 10.2. The molecule has 1 aromatic carbocycles. The van der Waals surface area contributed by atoms with E-state index >= 15 is 0 Å². The van der Waals surface area contributed by atoms with Crippen LogP contribution in [0.3, 0.4) is 0 Å². The molecule has 0 spiro atoms. The molecule has 2 aromatic heterocycles. The van der Waals surface area contributed by atoms with E-state index in [4.69, 9.17) is 4.42 Å². The summed E-state index contributed by atoms with van der Waals surface area (Å²) in [4.78, 5) is 9.08. The monoisotopic (exact) mass is 272 g/mol. The van der Waals surface area contributed by atoms with E-state index in [1.165, 1.54) is 19.3 Å². The van der Waals surface area contributed by atoms with Gasteiger partial charge in [-0.2, -0.15) is 0 Å². The molecule has 3 rings (SSSR count). The molecule has 3 aromatic rings. The Morgan fingerprint density at radius 2 is 2.05 bits per heavy atom. The fraction of sp³-hybridized carbons (Fsp3) is 0.333. The Kier molecular flexibility index (Phi) is 3.60. The number of nitrogens with zero attached hydrogens (tertiary/aromatic N) is 2. The number of thiazole rings is 1. The molecule has 19 heavy (non-hydrogen) atoms. The van der Waals surface area contributed by atoms with Gasteiger partial charge in [-0.25, -0.2) is 9.97 Å². The molecule has 0 radical (unpaired) electrons. The molecule has 2 heterocycles. The van der Waals surface area contributed by atoms with Crippen LogP contribution in [0.1, 0.15) is 31.9 Å². The van der Waals surface area contributed by atoms with Gasteiger partial charge in [0.05, 0.1) is 5.69 Å². The Balaban J connectivity index is 1.81. The van der Waals surface area contributed by atoms with Crippen molar-refractivity contribution in [2.24, 2.45) is 0 Å². The van der Waals surface area contributed by atoms with Crippen LogP contribution >= 0.6 is 11.3 Å². The van der Waals surface area contributed by atoms with E-state index in [9.17, 15) is 0 Å². The van der Waals surface area contributed by atoms with E-state index in [-0.39, 0.29) is 0 Å². The number of benzene rings is 1. The highest BCUT2D eigenvalue weighted by molar-refractivity contribution is 7.13. The zero-order chi connectivity index (χ0) is 13.1. The molecule has 0 unspecified atom stereocenters. The number of aromatic nitrogens is 2. The summed E-state index contributed by atoms with van der Waals surface area (Å²) >= 11 is 1.61. The second-order valence-corrected chi connectivity index (χ2v) is 5.45. The molecule has 0 fully saturated rings. The molecule has 4 heteroatoms. The molecule has 0 aliphatic rings. The number of hydrogen-bond donors (Lipinski definition) is 0. The summed E-state index contributed by atoms with van der Waals surface area (Å²) in [5.74, 6) is 0.632. The first kappa shape index (κ1) is 12.4. The topological polar surface area (TPSA) is 38.9 Å². The minimum absolute atomic E-state index is 0.632. The van der Waals surface area contributed by atoms with Crippen molar-refractivity contribution in [3.63, 3.8) is 0 Å². The number of oxazole rings is 1. The molecule has 0 saturated carbocycles. The van der Waals surface area contributed by atoms with Crippen LogP contribution in [0.5, 0.6) is 0 Å². The number of unbranched alkanes of at least 4 members (excludes halogenated alkanes) is 2. The van der Waals surface area contributed by atoms with Gasteiger partial charge in [0.15, 0.2) is 10.6 Å². The Labute approximate surface area is 116 Å². The molecule has 3 nitrogen and oxygen atoms in total. The van der Waals surface area contributed by atoms with E-state index in [2.05, 4.69) is 22.3 Å². The summed E-state index contributed by atoms with van der Waals surface area (Å²) in [5, 5.41) is 2.99. The van der Waals surface area contributed by atoms with Crippen LogP contribution < -0.4 is 0 Å². The second-order valence-electron chi connectivity index (χ2n) is 4.59. The molecule has 0 N–H and O–H groups in total. The zero-order valence-electron chi connectivity index (χ0n) is 10.9. The normalized spacial score (nSPS) is 11.2. The van der Waals surface area contributed by atoms with E-state index < -0.39 is 0 Å². The third-order valence-electron chi connectivity index (χ3n) is 3.07. The number of fused-ring (bicyclic) bond motifs is 1. The molecule has 98 valence electrons. The fourth-order valence-electron chi connectivity index (χ4n) is 2.04. The highest BCUT2D eigenvalue weighted by Gasteiger charge is 2.11. The lowest BCUT2D eigenvalue weighted by Gasteiger charge is -1.93. The number of hydrogen-bond acceptors (Lipinski definition) is 4. The van der Waals surface area contributed by atoms with Gasteiger partial charge in [-0.1, -0.05) is 31.9 Å². The van der Waals surface area contributed by atoms with E-state index in [1.54, 1.807) is 11.3 Å². The van der Waals surface area contributed by atoms with Crippen molar-refractivity contribution in [2.75, 3.05) is 0 Å². The van der Waals surface area contributed by atoms with Gasteiger partial charge in [0.2, 0.25) is 0 Å². The van der Waals surface area contributed by atoms with Crippen LogP contribution in [-0.2, 0) is 6.42 Å². The van der Waals surface area contributed by atoms with Crippen molar-refractivity contribution in [1.82, 2.24) is 9.97 Å².